The standard InChI is InChI=1S/C9H12N4O2S/c14-7(11-6-3-1-2-4-6)8(15)12-9-13-10-5-16-9/h5-6H,1-4H2,(H,11,14)(H,12,13,15). The lowest BCUT2D eigenvalue weighted by molar-refractivity contribution is -0.136. The van der Waals surface area contributed by atoms with E-state index in [4.69, 9.17) is 0 Å². The van der Waals surface area contributed by atoms with Gasteiger partial charge < -0.3 is 5.32 Å². The molecule has 0 radical (unpaired) electrons. The van der Waals surface area contributed by atoms with Gasteiger partial charge in [-0.3, -0.25) is 14.9 Å². The lowest BCUT2D eigenvalue weighted by Crippen LogP contribution is -2.40. The number of nitrogens with zero attached hydrogens (tertiary/aromatic N) is 2. The Morgan fingerprint density at radius 1 is 1.31 bits per heavy atom. The maximum atomic E-state index is 11.5. The van der Waals surface area contributed by atoms with Crippen molar-refractivity contribution in [2.24, 2.45) is 0 Å². The monoisotopic (exact) mass is 240 g/mol. The predicted molar refractivity (Wildman–Crippen MR) is 58.9 cm³/mol. The van der Waals surface area contributed by atoms with Crippen molar-refractivity contribution in [1.29, 1.82) is 0 Å². The third-order valence-corrected chi connectivity index (χ3v) is 3.08. The van der Waals surface area contributed by atoms with E-state index >= 15 is 0 Å². The minimum atomic E-state index is -0.677. The van der Waals surface area contributed by atoms with Crippen LogP contribution in [0.5, 0.6) is 0 Å². The molecule has 0 saturated heterocycles. The molecule has 0 unspecified atom stereocenters. The summed E-state index contributed by atoms with van der Waals surface area (Å²) in [5.74, 6) is -1.27. The van der Waals surface area contributed by atoms with Gasteiger partial charge in [-0.05, 0) is 12.8 Å². The Bertz CT molecular complexity index is 373. The molecule has 1 heterocycles. The molecule has 1 aromatic heterocycles. The molecule has 86 valence electrons. The van der Waals surface area contributed by atoms with E-state index in [-0.39, 0.29) is 6.04 Å². The second kappa shape index (κ2) is 5.02. The van der Waals surface area contributed by atoms with Gasteiger partial charge in [0.15, 0.2) is 0 Å². The van der Waals surface area contributed by atoms with Crippen LogP contribution in [0.15, 0.2) is 5.51 Å². The SMILES string of the molecule is O=C(Nc1nncs1)C(=O)NC1CCCC1. The Kier molecular flexibility index (Phi) is 3.45. The largest absolute Gasteiger partial charge is 0.345 e. The molecular weight excluding hydrogens is 228 g/mol. The van der Waals surface area contributed by atoms with Crippen LogP contribution in [0.25, 0.3) is 0 Å². The van der Waals surface area contributed by atoms with Crippen LogP contribution in [-0.4, -0.2) is 28.1 Å². The first-order chi connectivity index (χ1) is 7.75. The number of amides is 2. The van der Waals surface area contributed by atoms with Gasteiger partial charge in [0.2, 0.25) is 5.13 Å². The molecule has 7 heteroatoms. The summed E-state index contributed by atoms with van der Waals surface area (Å²) in [7, 11) is 0. The molecule has 0 bridgehead atoms. The molecule has 1 saturated carbocycles. The summed E-state index contributed by atoms with van der Waals surface area (Å²) in [5, 5.41) is 12.6. The Labute approximate surface area is 96.5 Å². The summed E-state index contributed by atoms with van der Waals surface area (Å²) in [4.78, 5) is 22.9. The Morgan fingerprint density at radius 3 is 2.69 bits per heavy atom. The number of anilines is 1. The zero-order chi connectivity index (χ0) is 11.4. The van der Waals surface area contributed by atoms with Crippen LogP contribution in [0.3, 0.4) is 0 Å². The van der Waals surface area contributed by atoms with Crippen molar-refractivity contribution < 1.29 is 9.59 Å². The van der Waals surface area contributed by atoms with Crippen LogP contribution in [-0.2, 0) is 9.59 Å². The van der Waals surface area contributed by atoms with E-state index in [9.17, 15) is 9.59 Å². The van der Waals surface area contributed by atoms with E-state index in [0.29, 0.717) is 5.13 Å². The van der Waals surface area contributed by atoms with E-state index in [2.05, 4.69) is 20.8 Å². The van der Waals surface area contributed by atoms with Crippen molar-refractivity contribution in [3.63, 3.8) is 0 Å². The van der Waals surface area contributed by atoms with Gasteiger partial charge in [-0.1, -0.05) is 24.2 Å². The Morgan fingerprint density at radius 2 is 2.06 bits per heavy atom. The number of hydrogen-bond donors (Lipinski definition) is 2. The third kappa shape index (κ3) is 2.75. The van der Waals surface area contributed by atoms with Gasteiger partial charge in [0.1, 0.15) is 5.51 Å². The highest BCUT2D eigenvalue weighted by Crippen LogP contribution is 2.17. The molecule has 1 aliphatic rings. The Hall–Kier alpha value is -1.50. The summed E-state index contributed by atoms with van der Waals surface area (Å²) < 4.78 is 0. The quantitative estimate of drug-likeness (QED) is 0.739. The van der Waals surface area contributed by atoms with Gasteiger partial charge >= 0.3 is 11.8 Å². The average molecular weight is 240 g/mol. The van der Waals surface area contributed by atoms with E-state index in [1.165, 1.54) is 16.8 Å². The van der Waals surface area contributed by atoms with Crippen LogP contribution < -0.4 is 10.6 Å². The highest BCUT2D eigenvalue weighted by Gasteiger charge is 2.21. The van der Waals surface area contributed by atoms with Gasteiger partial charge in [0.25, 0.3) is 0 Å². The maximum Gasteiger partial charge on any atom is 0.315 e. The molecule has 2 rings (SSSR count). The van der Waals surface area contributed by atoms with Crippen LogP contribution in [0.1, 0.15) is 25.7 Å². The summed E-state index contributed by atoms with van der Waals surface area (Å²) in [6, 6.07) is 0.146. The molecule has 2 N–H and O–H groups in total. The predicted octanol–water partition coefficient (Wildman–Crippen LogP) is 0.535. The number of carbonyl (C=O) groups excluding carboxylic acids is 2. The molecule has 1 aliphatic carbocycles. The first kappa shape index (κ1) is 11.0. The molecule has 0 aliphatic heterocycles. The smallest absolute Gasteiger partial charge is 0.315 e. The summed E-state index contributed by atoms with van der Waals surface area (Å²) in [5.41, 5.74) is 1.49. The van der Waals surface area contributed by atoms with Crippen LogP contribution in [0, 0.1) is 0 Å². The molecule has 0 spiro atoms. The highest BCUT2D eigenvalue weighted by atomic mass is 32.1. The maximum absolute atomic E-state index is 11.5. The topological polar surface area (TPSA) is 84.0 Å². The molecule has 2 amide bonds. The first-order valence-corrected chi connectivity index (χ1v) is 6.01. The van der Waals surface area contributed by atoms with Crippen molar-refractivity contribution in [3.8, 4) is 0 Å². The van der Waals surface area contributed by atoms with Crippen molar-refractivity contribution in [2.45, 2.75) is 31.7 Å². The minimum absolute atomic E-state index is 0.146. The van der Waals surface area contributed by atoms with Crippen molar-refractivity contribution in [1.82, 2.24) is 15.5 Å². The van der Waals surface area contributed by atoms with E-state index < -0.39 is 11.8 Å². The summed E-state index contributed by atoms with van der Waals surface area (Å²) in [6.45, 7) is 0. The normalized spacial score (nSPS) is 16.0. The van der Waals surface area contributed by atoms with E-state index in [1.54, 1.807) is 0 Å². The first-order valence-electron chi connectivity index (χ1n) is 5.14. The van der Waals surface area contributed by atoms with Gasteiger partial charge in [-0.2, -0.15) is 0 Å². The third-order valence-electron chi connectivity index (χ3n) is 2.48. The molecule has 1 aromatic rings. The highest BCUT2D eigenvalue weighted by molar-refractivity contribution is 7.13. The molecule has 0 atom stereocenters. The average Bonchev–Trinajstić information content (AvgIpc) is 2.90. The van der Waals surface area contributed by atoms with Crippen molar-refractivity contribution in [2.75, 3.05) is 5.32 Å². The zero-order valence-corrected chi connectivity index (χ0v) is 9.42. The summed E-state index contributed by atoms with van der Waals surface area (Å²) in [6.07, 6.45) is 4.14. The van der Waals surface area contributed by atoms with Crippen molar-refractivity contribution >= 4 is 28.3 Å². The van der Waals surface area contributed by atoms with Crippen LogP contribution >= 0.6 is 11.3 Å². The van der Waals surface area contributed by atoms with Crippen LogP contribution in [0.4, 0.5) is 5.13 Å². The van der Waals surface area contributed by atoms with Crippen LogP contribution in [0.2, 0.25) is 0 Å². The fraction of sp³-hybridized carbons (Fsp3) is 0.556. The fourth-order valence-electron chi connectivity index (χ4n) is 1.70. The van der Waals surface area contributed by atoms with E-state index in [1.807, 2.05) is 0 Å². The molecule has 6 nitrogen and oxygen atoms in total. The summed E-state index contributed by atoms with van der Waals surface area (Å²) >= 11 is 1.18. The number of aromatic nitrogens is 2. The second-order valence-corrected chi connectivity index (χ2v) is 4.49. The number of nitrogens with one attached hydrogen (secondary N) is 2. The van der Waals surface area contributed by atoms with E-state index in [0.717, 1.165) is 25.7 Å². The Balaban J connectivity index is 1.82. The lowest BCUT2D eigenvalue weighted by atomic mass is 10.2. The van der Waals surface area contributed by atoms with Gasteiger partial charge in [-0.15, -0.1) is 10.2 Å². The minimum Gasteiger partial charge on any atom is -0.345 e. The molecule has 0 aromatic carbocycles. The second-order valence-electron chi connectivity index (χ2n) is 3.65. The number of carbonyl (C=O) groups is 2. The van der Waals surface area contributed by atoms with Gasteiger partial charge in [0.05, 0.1) is 0 Å². The number of rotatable bonds is 2. The van der Waals surface area contributed by atoms with Gasteiger partial charge in [-0.25, -0.2) is 0 Å². The van der Waals surface area contributed by atoms with Crippen molar-refractivity contribution in [3.05, 3.63) is 5.51 Å². The van der Waals surface area contributed by atoms with Gasteiger partial charge in [0, 0.05) is 6.04 Å². The lowest BCUT2D eigenvalue weighted by Gasteiger charge is -2.10. The molecule has 16 heavy (non-hydrogen) atoms. The zero-order valence-electron chi connectivity index (χ0n) is 8.60. The number of hydrogen-bond acceptors (Lipinski definition) is 5. The molecule has 1 fully saturated rings. The fourth-order valence-corrected chi connectivity index (χ4v) is 2.14. The molecular formula is C9H12N4O2S.